The third-order valence-corrected chi connectivity index (χ3v) is 12.2. The molecule has 1 aromatic carbocycles. The van der Waals surface area contributed by atoms with Crippen molar-refractivity contribution in [2.75, 3.05) is 52.4 Å². The number of aliphatic hydroxyl groups excluding tert-OH is 1. The number of rotatable bonds is 11. The highest BCUT2D eigenvalue weighted by Gasteiger charge is 2.57. The van der Waals surface area contributed by atoms with Crippen LogP contribution in [0.3, 0.4) is 0 Å². The Morgan fingerprint density at radius 1 is 0.982 bits per heavy atom. The first kappa shape index (κ1) is 42.7. The van der Waals surface area contributed by atoms with Crippen LogP contribution in [0.25, 0.3) is 0 Å². The van der Waals surface area contributed by atoms with Crippen LogP contribution in [0.4, 0.5) is 26.3 Å². The van der Waals surface area contributed by atoms with Crippen molar-refractivity contribution in [1.29, 1.82) is 0 Å². The maximum Gasteiger partial charge on any atom is 0.425 e. The van der Waals surface area contributed by atoms with Crippen LogP contribution < -0.4 is 4.74 Å². The molecule has 0 radical (unpaired) electrons. The van der Waals surface area contributed by atoms with Gasteiger partial charge in [-0.15, -0.1) is 11.3 Å². The van der Waals surface area contributed by atoms with E-state index in [4.69, 9.17) is 16.3 Å². The van der Waals surface area contributed by atoms with Crippen molar-refractivity contribution in [2.24, 2.45) is 0 Å². The van der Waals surface area contributed by atoms with E-state index in [9.17, 15) is 41.0 Å². The summed E-state index contributed by atoms with van der Waals surface area (Å²) in [5.41, 5.74) is -2.57. The molecule has 0 aliphatic carbocycles. The first-order valence-electron chi connectivity index (χ1n) is 19.0. The molecule has 18 heteroatoms. The van der Waals surface area contributed by atoms with Crippen molar-refractivity contribution in [3.8, 4) is 5.75 Å². The SMILES string of the molecule is CCC[C@H]1N(C(=O)c2ncccc2C(F)(F)F)CCC[C@]1(Oc1csc(C(F)(F)F)c1)C(=O)N1CCc2cc(Cl)ccc2[C@H]1CCC(=O)N1CCN(CCO)CC1. The predicted molar refractivity (Wildman–Crippen MR) is 200 cm³/mol. The second kappa shape index (κ2) is 17.5. The first-order chi connectivity index (χ1) is 27.1. The fourth-order valence-corrected chi connectivity index (χ4v) is 9.21. The molecule has 3 aromatic rings. The van der Waals surface area contributed by atoms with Gasteiger partial charge in [-0.3, -0.25) is 24.3 Å². The van der Waals surface area contributed by atoms with Crippen LogP contribution >= 0.6 is 22.9 Å². The van der Waals surface area contributed by atoms with Gasteiger partial charge in [0.25, 0.3) is 11.8 Å². The number of piperidine rings is 1. The number of ether oxygens (including phenoxy) is 1. The average Bonchev–Trinajstić information content (AvgIpc) is 3.66. The molecule has 3 amide bonds. The Kier molecular flexibility index (Phi) is 13.1. The molecule has 2 fully saturated rings. The summed E-state index contributed by atoms with van der Waals surface area (Å²) in [7, 11) is 0. The number of hydrogen-bond acceptors (Lipinski definition) is 8. The topological polar surface area (TPSA) is 107 Å². The fourth-order valence-electron chi connectivity index (χ4n) is 8.33. The highest BCUT2D eigenvalue weighted by atomic mass is 35.5. The molecule has 5 heterocycles. The summed E-state index contributed by atoms with van der Waals surface area (Å²) in [6.07, 6.45) is -7.59. The molecule has 0 unspecified atom stereocenters. The lowest BCUT2D eigenvalue weighted by Gasteiger charge is -2.51. The molecule has 3 atom stereocenters. The minimum absolute atomic E-state index is 0.00674. The number of pyridine rings is 1. The van der Waals surface area contributed by atoms with Gasteiger partial charge in [-0.05, 0) is 61.1 Å². The Morgan fingerprint density at radius 3 is 2.40 bits per heavy atom. The standard InChI is InChI=1S/C39H44ClF6N5O5S/c1-2-5-31-37(56-27-23-32(57-24-27)39(44,45)46,12-4-14-51(31)35(54)34-29(38(41,42)43)6-3-13-47-34)36(55)50-15-11-25-22-26(40)7-8-28(25)30(50)9-10-33(53)49-18-16-48(17-19-49)20-21-52/h3,6-8,13,22-24,30-31,52H,2,4-5,9-12,14-21H2,1H3/t30-,31-,37-/m1/s1. The van der Waals surface area contributed by atoms with Crippen LogP contribution in [-0.2, 0) is 28.4 Å². The normalized spacial score (nSPS) is 22.0. The molecule has 1 N–H and O–H groups in total. The molecule has 0 saturated carbocycles. The Balaban J connectivity index is 1.40. The van der Waals surface area contributed by atoms with Crippen LogP contribution in [-0.4, -0.2) is 111 Å². The van der Waals surface area contributed by atoms with Crippen molar-refractivity contribution in [2.45, 2.75) is 81.9 Å². The van der Waals surface area contributed by atoms with Gasteiger partial charge in [-0.1, -0.05) is 31.0 Å². The van der Waals surface area contributed by atoms with E-state index in [0.717, 1.165) is 45.8 Å². The summed E-state index contributed by atoms with van der Waals surface area (Å²) in [5.74, 6) is -2.12. The fraction of sp³-hybridized carbons (Fsp3) is 0.538. The molecule has 0 spiro atoms. The zero-order valence-corrected chi connectivity index (χ0v) is 32.8. The minimum atomic E-state index is -4.93. The number of likely N-dealkylation sites (tertiary alicyclic amines) is 1. The van der Waals surface area contributed by atoms with Gasteiger partial charge in [0.2, 0.25) is 11.5 Å². The number of piperazine rings is 1. The highest BCUT2D eigenvalue weighted by Crippen LogP contribution is 2.45. The number of aliphatic hydroxyl groups is 1. The van der Waals surface area contributed by atoms with Crippen LogP contribution in [0.2, 0.25) is 5.02 Å². The summed E-state index contributed by atoms with van der Waals surface area (Å²) >= 11 is 6.75. The number of benzene rings is 1. The van der Waals surface area contributed by atoms with E-state index in [0.29, 0.717) is 61.9 Å². The Bertz CT molecular complexity index is 1920. The number of alkyl halides is 6. The van der Waals surface area contributed by atoms with Crippen molar-refractivity contribution in [1.82, 2.24) is 24.6 Å². The molecule has 0 bridgehead atoms. The zero-order valence-electron chi connectivity index (χ0n) is 31.3. The lowest BCUT2D eigenvalue weighted by atomic mass is 9.78. The number of β-amino-alcohol motifs (C(OH)–C–C–N with tert-alkyl or cyclic N) is 1. The third-order valence-electron chi connectivity index (χ3n) is 11.0. The number of fused-ring (bicyclic) bond motifs is 1. The molecule has 310 valence electrons. The third kappa shape index (κ3) is 9.21. The van der Waals surface area contributed by atoms with Crippen LogP contribution in [0, 0.1) is 0 Å². The van der Waals surface area contributed by atoms with Crippen LogP contribution in [0.1, 0.15) is 83.5 Å². The van der Waals surface area contributed by atoms with Crippen molar-refractivity contribution in [3.05, 3.63) is 80.3 Å². The van der Waals surface area contributed by atoms with Gasteiger partial charge in [0, 0.05) is 81.3 Å². The summed E-state index contributed by atoms with van der Waals surface area (Å²) in [6, 6.07) is 5.91. The number of nitrogens with zero attached hydrogens (tertiary/aromatic N) is 5. The van der Waals surface area contributed by atoms with Gasteiger partial charge in [0.05, 0.1) is 24.3 Å². The van der Waals surface area contributed by atoms with Crippen LogP contribution in [0.15, 0.2) is 48.0 Å². The first-order valence-corrected chi connectivity index (χ1v) is 20.2. The number of hydrogen-bond donors (Lipinski definition) is 1. The smallest absolute Gasteiger partial charge is 0.425 e. The summed E-state index contributed by atoms with van der Waals surface area (Å²) in [6.45, 7) is 4.44. The second-order valence-corrected chi connectivity index (χ2v) is 15.9. The quantitative estimate of drug-likeness (QED) is 0.206. The molecule has 3 aliphatic rings. The van der Waals surface area contributed by atoms with Crippen molar-refractivity contribution in [3.63, 3.8) is 0 Å². The van der Waals surface area contributed by atoms with Gasteiger partial charge in [-0.2, -0.15) is 26.3 Å². The van der Waals surface area contributed by atoms with E-state index in [2.05, 4.69) is 9.88 Å². The predicted octanol–water partition coefficient (Wildman–Crippen LogP) is 7.10. The number of thiophene rings is 1. The summed E-state index contributed by atoms with van der Waals surface area (Å²) in [4.78, 5) is 52.7. The molecular formula is C39H44ClF6N5O5S. The number of halogens is 7. The summed E-state index contributed by atoms with van der Waals surface area (Å²) < 4.78 is 90.6. The molecule has 57 heavy (non-hydrogen) atoms. The van der Waals surface area contributed by atoms with Crippen molar-refractivity contribution >= 4 is 40.7 Å². The van der Waals surface area contributed by atoms with Gasteiger partial charge >= 0.3 is 12.4 Å². The minimum Gasteiger partial charge on any atom is -0.474 e. The number of carbonyl (C=O) groups is 3. The highest BCUT2D eigenvalue weighted by molar-refractivity contribution is 7.10. The van der Waals surface area contributed by atoms with Crippen LogP contribution in [0.5, 0.6) is 5.75 Å². The van der Waals surface area contributed by atoms with Gasteiger partial charge in [0.15, 0.2) is 0 Å². The van der Waals surface area contributed by atoms with E-state index in [1.165, 1.54) is 0 Å². The molecule has 2 aromatic heterocycles. The Hall–Kier alpha value is -3.93. The Labute approximate surface area is 335 Å². The molecule has 3 aliphatic heterocycles. The maximum absolute atomic E-state index is 15.5. The molecule has 10 nitrogen and oxygen atoms in total. The van der Waals surface area contributed by atoms with Gasteiger partial charge in [-0.25, -0.2) is 0 Å². The summed E-state index contributed by atoms with van der Waals surface area (Å²) in [5, 5.41) is 10.9. The van der Waals surface area contributed by atoms with Crippen molar-refractivity contribution < 1.29 is 50.6 Å². The van der Waals surface area contributed by atoms with E-state index in [1.54, 1.807) is 34.9 Å². The molecule has 6 rings (SSSR count). The van der Waals surface area contributed by atoms with E-state index in [1.807, 2.05) is 0 Å². The number of amides is 3. The van der Waals surface area contributed by atoms with E-state index >= 15 is 4.79 Å². The molecule has 2 saturated heterocycles. The molecular weight excluding hydrogens is 800 g/mol. The Morgan fingerprint density at radius 2 is 1.74 bits per heavy atom. The van der Waals surface area contributed by atoms with E-state index in [-0.39, 0.29) is 63.5 Å². The lowest BCUT2D eigenvalue weighted by molar-refractivity contribution is -0.163. The average molecular weight is 844 g/mol. The van der Waals surface area contributed by atoms with Gasteiger partial charge < -0.3 is 24.5 Å². The number of aromatic nitrogens is 1. The maximum atomic E-state index is 15.5. The second-order valence-electron chi connectivity index (χ2n) is 14.5. The largest absolute Gasteiger partial charge is 0.474 e. The number of carbonyl (C=O) groups excluding carboxylic acids is 3. The van der Waals surface area contributed by atoms with Gasteiger partial charge in [0.1, 0.15) is 16.3 Å². The monoisotopic (exact) mass is 843 g/mol. The lowest BCUT2D eigenvalue weighted by Crippen LogP contribution is -2.68. The van der Waals surface area contributed by atoms with E-state index < -0.39 is 58.0 Å². The zero-order chi connectivity index (χ0) is 41.1.